The van der Waals surface area contributed by atoms with Crippen molar-refractivity contribution in [2.24, 2.45) is 17.3 Å². The van der Waals surface area contributed by atoms with Gasteiger partial charge in [0, 0.05) is 5.02 Å². The van der Waals surface area contributed by atoms with Gasteiger partial charge in [0.1, 0.15) is 5.82 Å². The summed E-state index contributed by atoms with van der Waals surface area (Å²) in [5.74, 6) is -1.10. The first kappa shape index (κ1) is 19.7. The number of hydrogen-bond acceptors (Lipinski definition) is 3. The highest BCUT2D eigenvalue weighted by Gasteiger charge is 2.33. The Morgan fingerprint density at radius 1 is 1.24 bits per heavy atom. The fourth-order valence-corrected chi connectivity index (χ4v) is 3.39. The lowest BCUT2D eigenvalue weighted by Crippen LogP contribution is -2.31. The molecule has 0 radical (unpaired) electrons. The number of anilines is 1. The summed E-state index contributed by atoms with van der Waals surface area (Å²) in [6, 6.07) is 3.95. The van der Waals surface area contributed by atoms with Gasteiger partial charge in [0.15, 0.2) is 6.61 Å². The van der Waals surface area contributed by atoms with Crippen LogP contribution in [0.4, 0.5) is 10.1 Å². The van der Waals surface area contributed by atoms with Gasteiger partial charge in [0.05, 0.1) is 11.6 Å². The average molecular weight is 370 g/mol. The van der Waals surface area contributed by atoms with Crippen molar-refractivity contribution < 1.29 is 18.7 Å². The number of halogens is 2. The van der Waals surface area contributed by atoms with Crippen LogP contribution in [-0.2, 0) is 14.3 Å². The van der Waals surface area contributed by atoms with E-state index in [1.807, 2.05) is 0 Å². The van der Waals surface area contributed by atoms with Gasteiger partial charge < -0.3 is 10.1 Å². The molecule has 0 heterocycles. The number of carbonyl (C=O) groups excluding carboxylic acids is 2. The zero-order chi connectivity index (χ0) is 18.6. The van der Waals surface area contributed by atoms with E-state index in [0.29, 0.717) is 5.92 Å². The minimum absolute atomic E-state index is 0.0103. The largest absolute Gasteiger partial charge is 0.455 e. The third-order valence-electron chi connectivity index (χ3n) is 4.84. The van der Waals surface area contributed by atoms with E-state index in [0.717, 1.165) is 31.7 Å². The highest BCUT2D eigenvalue weighted by Crippen LogP contribution is 2.40. The van der Waals surface area contributed by atoms with Crippen LogP contribution in [0.1, 0.15) is 46.5 Å². The van der Waals surface area contributed by atoms with E-state index in [9.17, 15) is 14.0 Å². The van der Waals surface area contributed by atoms with Gasteiger partial charge in [-0.3, -0.25) is 9.59 Å². The van der Waals surface area contributed by atoms with E-state index in [-0.39, 0.29) is 28.0 Å². The van der Waals surface area contributed by atoms with Gasteiger partial charge >= 0.3 is 5.97 Å². The highest BCUT2D eigenvalue weighted by molar-refractivity contribution is 6.30. The van der Waals surface area contributed by atoms with Gasteiger partial charge in [-0.2, -0.15) is 0 Å². The first-order valence-corrected chi connectivity index (χ1v) is 8.96. The van der Waals surface area contributed by atoms with Gasteiger partial charge in [-0.1, -0.05) is 32.4 Å². The second-order valence-corrected chi connectivity index (χ2v) is 8.13. The van der Waals surface area contributed by atoms with Crippen molar-refractivity contribution in [1.82, 2.24) is 0 Å². The molecular weight excluding hydrogens is 345 g/mol. The standard InChI is InChI=1S/C19H25ClFNO3/c1-19(2,3)13-6-4-12(5-7-13)18(24)25-11-17(23)22-16-9-8-14(20)10-15(16)21/h8-10,12-13H,4-7,11H2,1-3H3,(H,22,23). The third-order valence-corrected chi connectivity index (χ3v) is 5.07. The van der Waals surface area contributed by atoms with Crippen molar-refractivity contribution in [3.63, 3.8) is 0 Å². The Bertz CT molecular complexity index is 634. The molecule has 25 heavy (non-hydrogen) atoms. The fraction of sp³-hybridized carbons (Fsp3) is 0.579. The van der Waals surface area contributed by atoms with Crippen molar-refractivity contribution >= 4 is 29.2 Å². The molecular formula is C19H25ClFNO3. The molecule has 1 aromatic carbocycles. The normalized spacial score (nSPS) is 20.8. The molecule has 1 aromatic rings. The molecule has 0 atom stereocenters. The molecule has 2 rings (SSSR count). The SMILES string of the molecule is CC(C)(C)C1CCC(C(=O)OCC(=O)Nc2ccc(Cl)cc2F)CC1. The van der Waals surface area contributed by atoms with Gasteiger partial charge in [0.2, 0.25) is 0 Å². The first-order chi connectivity index (χ1) is 11.7. The van der Waals surface area contributed by atoms with E-state index in [2.05, 4.69) is 26.1 Å². The lowest BCUT2D eigenvalue weighted by Gasteiger charge is -2.36. The van der Waals surface area contributed by atoms with E-state index in [4.69, 9.17) is 16.3 Å². The van der Waals surface area contributed by atoms with Crippen LogP contribution in [0.25, 0.3) is 0 Å². The van der Waals surface area contributed by atoms with Crippen LogP contribution in [0.5, 0.6) is 0 Å². The number of hydrogen-bond donors (Lipinski definition) is 1. The second kappa shape index (κ2) is 8.17. The maximum absolute atomic E-state index is 13.6. The molecule has 1 fully saturated rings. The van der Waals surface area contributed by atoms with Gasteiger partial charge in [-0.25, -0.2) is 4.39 Å². The van der Waals surface area contributed by atoms with Gasteiger partial charge in [-0.05, 0) is 55.2 Å². The Labute approximate surface area is 153 Å². The molecule has 0 saturated heterocycles. The molecule has 4 nitrogen and oxygen atoms in total. The Hall–Kier alpha value is -1.62. The predicted octanol–water partition coefficient (Wildman–Crippen LogP) is 4.81. The Morgan fingerprint density at radius 2 is 1.88 bits per heavy atom. The predicted molar refractivity (Wildman–Crippen MR) is 95.9 cm³/mol. The number of carbonyl (C=O) groups is 2. The molecule has 1 N–H and O–H groups in total. The van der Waals surface area contributed by atoms with Crippen molar-refractivity contribution in [2.45, 2.75) is 46.5 Å². The van der Waals surface area contributed by atoms with Gasteiger partial charge in [0.25, 0.3) is 5.91 Å². The van der Waals surface area contributed by atoms with Gasteiger partial charge in [-0.15, -0.1) is 0 Å². The quantitative estimate of drug-likeness (QED) is 0.774. The summed E-state index contributed by atoms with van der Waals surface area (Å²) in [6.07, 6.45) is 3.55. The minimum atomic E-state index is -0.632. The number of nitrogens with one attached hydrogen (secondary N) is 1. The van der Waals surface area contributed by atoms with Crippen LogP contribution in [-0.4, -0.2) is 18.5 Å². The summed E-state index contributed by atoms with van der Waals surface area (Å²) in [6.45, 7) is 6.24. The topological polar surface area (TPSA) is 55.4 Å². The number of esters is 1. The highest BCUT2D eigenvalue weighted by atomic mass is 35.5. The summed E-state index contributed by atoms with van der Waals surface area (Å²) in [7, 11) is 0. The lowest BCUT2D eigenvalue weighted by atomic mass is 9.70. The van der Waals surface area contributed by atoms with Crippen LogP contribution in [0.15, 0.2) is 18.2 Å². The molecule has 6 heteroatoms. The van der Waals surface area contributed by atoms with Crippen molar-refractivity contribution in [3.05, 3.63) is 29.0 Å². The molecule has 1 aliphatic rings. The molecule has 0 unspecified atom stereocenters. The molecule has 138 valence electrons. The van der Waals surface area contributed by atoms with Crippen LogP contribution in [0.2, 0.25) is 5.02 Å². The van der Waals surface area contributed by atoms with E-state index >= 15 is 0 Å². The smallest absolute Gasteiger partial charge is 0.309 e. The van der Waals surface area contributed by atoms with Crippen LogP contribution < -0.4 is 5.32 Å². The zero-order valence-corrected chi connectivity index (χ0v) is 15.7. The summed E-state index contributed by atoms with van der Waals surface area (Å²) >= 11 is 5.66. The Balaban J connectivity index is 1.77. The van der Waals surface area contributed by atoms with E-state index in [1.165, 1.54) is 12.1 Å². The Morgan fingerprint density at radius 3 is 2.44 bits per heavy atom. The average Bonchev–Trinajstić information content (AvgIpc) is 2.54. The molecule has 1 aliphatic carbocycles. The number of rotatable bonds is 4. The van der Waals surface area contributed by atoms with E-state index < -0.39 is 18.3 Å². The van der Waals surface area contributed by atoms with Crippen LogP contribution >= 0.6 is 11.6 Å². The van der Waals surface area contributed by atoms with Crippen molar-refractivity contribution in [2.75, 3.05) is 11.9 Å². The summed E-state index contributed by atoms with van der Waals surface area (Å²) in [5, 5.41) is 2.62. The maximum atomic E-state index is 13.6. The summed E-state index contributed by atoms with van der Waals surface area (Å²) in [5.41, 5.74) is 0.258. The zero-order valence-electron chi connectivity index (χ0n) is 14.9. The number of benzene rings is 1. The minimum Gasteiger partial charge on any atom is -0.455 e. The molecule has 0 spiro atoms. The van der Waals surface area contributed by atoms with Crippen LogP contribution in [0, 0.1) is 23.1 Å². The monoisotopic (exact) mass is 369 g/mol. The fourth-order valence-electron chi connectivity index (χ4n) is 3.23. The number of amides is 1. The van der Waals surface area contributed by atoms with E-state index in [1.54, 1.807) is 0 Å². The summed E-state index contributed by atoms with van der Waals surface area (Å²) < 4.78 is 18.7. The maximum Gasteiger partial charge on any atom is 0.309 e. The first-order valence-electron chi connectivity index (χ1n) is 8.58. The lowest BCUT2D eigenvalue weighted by molar-refractivity contribution is -0.153. The molecule has 0 aromatic heterocycles. The van der Waals surface area contributed by atoms with Crippen LogP contribution in [0.3, 0.4) is 0 Å². The molecule has 0 bridgehead atoms. The van der Waals surface area contributed by atoms with Crippen molar-refractivity contribution in [3.8, 4) is 0 Å². The Kier molecular flexibility index (Phi) is 6.44. The molecule has 0 aliphatic heterocycles. The van der Waals surface area contributed by atoms with Crippen molar-refractivity contribution in [1.29, 1.82) is 0 Å². The molecule has 1 saturated carbocycles. The second-order valence-electron chi connectivity index (χ2n) is 7.69. The summed E-state index contributed by atoms with van der Waals surface area (Å²) in [4.78, 5) is 24.0. The number of ether oxygens (including phenoxy) is 1. The third kappa shape index (κ3) is 5.70. The molecule has 1 amide bonds.